The standard InChI is InChI=1S/C68H129NO10/c1-4-7-10-13-16-19-22-24-25-26-27-28-29-30-31-32-33-34-35-36-38-41-43-46-49-52-55-61(72)67(76)69-59(60(71)54-51-48-45-42-40-37-23-20-17-14-11-8-5-2)58-77-68-66(65(75)64(74)62(57-70)78-68)79-63(73)56-53-50-47-44-39-21-18-15-12-9-6-3/h24-25,51,54,59-62,64-66,68,70-72,74-75H,4-23,26-50,52-53,55-58H2,1-3H3,(H,69,76)/b25-24+,54-51+. The van der Waals surface area contributed by atoms with Crippen LogP contribution in [0, 0.1) is 0 Å². The summed E-state index contributed by atoms with van der Waals surface area (Å²) in [6.07, 6.45) is 56.7. The highest BCUT2D eigenvalue weighted by molar-refractivity contribution is 5.80. The molecule has 1 saturated heterocycles. The molecule has 8 unspecified atom stereocenters. The topological polar surface area (TPSA) is 175 Å². The van der Waals surface area contributed by atoms with Crippen molar-refractivity contribution >= 4 is 11.9 Å². The molecule has 1 fully saturated rings. The van der Waals surface area contributed by atoms with Gasteiger partial charge in [0.25, 0.3) is 0 Å². The second kappa shape index (κ2) is 56.6. The van der Waals surface area contributed by atoms with Crippen LogP contribution in [0.25, 0.3) is 0 Å². The smallest absolute Gasteiger partial charge is 0.306 e. The average Bonchev–Trinajstić information content (AvgIpc) is 3.51. The van der Waals surface area contributed by atoms with E-state index < -0.39 is 67.4 Å². The Balaban J connectivity index is 2.54. The number of aliphatic hydroxyl groups excluding tert-OH is 5. The molecule has 11 nitrogen and oxygen atoms in total. The highest BCUT2D eigenvalue weighted by atomic mass is 16.7. The fourth-order valence-electron chi connectivity index (χ4n) is 10.9. The van der Waals surface area contributed by atoms with Gasteiger partial charge in [0.1, 0.15) is 24.4 Å². The van der Waals surface area contributed by atoms with Gasteiger partial charge >= 0.3 is 5.97 Å². The number of aliphatic hydroxyl groups is 5. The first-order valence-electron chi connectivity index (χ1n) is 34.1. The van der Waals surface area contributed by atoms with Crippen molar-refractivity contribution in [3.63, 3.8) is 0 Å². The maximum absolute atomic E-state index is 13.5. The first kappa shape index (κ1) is 75.2. The first-order chi connectivity index (χ1) is 38.7. The van der Waals surface area contributed by atoms with Crippen LogP contribution in [0.2, 0.25) is 0 Å². The van der Waals surface area contributed by atoms with Gasteiger partial charge < -0.3 is 45.1 Å². The Kier molecular flexibility index (Phi) is 53.9. The van der Waals surface area contributed by atoms with Crippen LogP contribution >= 0.6 is 0 Å². The molecule has 0 bridgehead atoms. The van der Waals surface area contributed by atoms with E-state index in [4.69, 9.17) is 14.2 Å². The Hall–Kier alpha value is -1.86. The van der Waals surface area contributed by atoms with Crippen molar-refractivity contribution in [3.8, 4) is 0 Å². The Morgan fingerprint density at radius 2 is 0.835 bits per heavy atom. The number of amides is 1. The number of nitrogens with one attached hydrogen (secondary N) is 1. The number of hydrogen-bond acceptors (Lipinski definition) is 10. The minimum atomic E-state index is -1.61. The summed E-state index contributed by atoms with van der Waals surface area (Å²) < 4.78 is 17.6. The average molecular weight is 1120 g/mol. The fourth-order valence-corrected chi connectivity index (χ4v) is 10.9. The second-order valence-electron chi connectivity index (χ2n) is 23.9. The van der Waals surface area contributed by atoms with Crippen molar-refractivity contribution in [2.45, 2.75) is 384 Å². The monoisotopic (exact) mass is 1120 g/mol. The number of unbranched alkanes of at least 4 members (excludes halogenated alkanes) is 43. The zero-order valence-electron chi connectivity index (χ0n) is 51.8. The molecule has 466 valence electrons. The number of ether oxygens (including phenoxy) is 3. The maximum atomic E-state index is 13.5. The third-order valence-corrected chi connectivity index (χ3v) is 16.4. The van der Waals surface area contributed by atoms with Gasteiger partial charge in [-0.1, -0.05) is 302 Å². The number of allylic oxidation sites excluding steroid dienone is 3. The predicted molar refractivity (Wildman–Crippen MR) is 329 cm³/mol. The fraction of sp³-hybridized carbons (Fsp3) is 0.912. The quantitative estimate of drug-likeness (QED) is 0.0195. The third kappa shape index (κ3) is 44.4. The Morgan fingerprint density at radius 1 is 0.481 bits per heavy atom. The van der Waals surface area contributed by atoms with Crippen LogP contribution in [0.3, 0.4) is 0 Å². The normalized spacial score (nSPS) is 18.9. The molecule has 0 spiro atoms. The molecule has 79 heavy (non-hydrogen) atoms. The molecule has 0 radical (unpaired) electrons. The molecule has 1 aliphatic heterocycles. The van der Waals surface area contributed by atoms with E-state index in [2.05, 4.69) is 38.2 Å². The molecule has 0 aromatic rings. The lowest BCUT2D eigenvalue weighted by Crippen LogP contribution is -2.61. The summed E-state index contributed by atoms with van der Waals surface area (Å²) in [5.74, 6) is -1.18. The van der Waals surface area contributed by atoms with Crippen LogP contribution in [0.15, 0.2) is 24.3 Å². The SMILES string of the molecule is CCCCCCCC/C=C/CCCCCCCCCCCCCCCCCCC(O)C(=O)NC(COC1OC(CO)C(O)C(O)C1OC(=O)CCCCCCCCCCCCC)C(O)/C=C/CCCCCCCCCCCCC. The van der Waals surface area contributed by atoms with E-state index in [0.29, 0.717) is 19.3 Å². The predicted octanol–water partition coefficient (Wildman–Crippen LogP) is 16.8. The zero-order chi connectivity index (χ0) is 57.5. The van der Waals surface area contributed by atoms with Crippen molar-refractivity contribution in [1.29, 1.82) is 0 Å². The summed E-state index contributed by atoms with van der Waals surface area (Å²) in [5.41, 5.74) is 0. The molecule has 11 heteroatoms. The van der Waals surface area contributed by atoms with E-state index in [9.17, 15) is 35.1 Å². The third-order valence-electron chi connectivity index (χ3n) is 16.4. The van der Waals surface area contributed by atoms with Gasteiger partial charge in [-0.05, 0) is 51.4 Å². The van der Waals surface area contributed by atoms with E-state index in [-0.39, 0.29) is 13.0 Å². The van der Waals surface area contributed by atoms with Crippen LogP contribution in [0.4, 0.5) is 0 Å². The molecule has 8 atom stereocenters. The van der Waals surface area contributed by atoms with Gasteiger partial charge in [0.15, 0.2) is 12.4 Å². The van der Waals surface area contributed by atoms with Crippen molar-refractivity contribution < 1.29 is 49.3 Å². The van der Waals surface area contributed by atoms with E-state index in [1.165, 1.54) is 231 Å². The van der Waals surface area contributed by atoms with Crippen LogP contribution in [-0.4, -0.2) is 99.6 Å². The van der Waals surface area contributed by atoms with Crippen LogP contribution in [0.5, 0.6) is 0 Å². The zero-order valence-corrected chi connectivity index (χ0v) is 51.8. The van der Waals surface area contributed by atoms with E-state index >= 15 is 0 Å². The Labute approximate surface area is 486 Å². The van der Waals surface area contributed by atoms with Gasteiger partial charge in [-0.15, -0.1) is 0 Å². The molecular weight excluding hydrogens is 991 g/mol. The summed E-state index contributed by atoms with van der Waals surface area (Å²) in [6, 6.07) is -1.02. The van der Waals surface area contributed by atoms with Crippen LogP contribution < -0.4 is 5.32 Å². The molecule has 1 amide bonds. The molecule has 0 aromatic heterocycles. The summed E-state index contributed by atoms with van der Waals surface area (Å²) in [5, 5.41) is 57.1. The molecular formula is C68H129NO10. The minimum absolute atomic E-state index is 0.129. The van der Waals surface area contributed by atoms with Crippen LogP contribution in [0.1, 0.15) is 335 Å². The lowest BCUT2D eigenvalue weighted by molar-refractivity contribution is -0.305. The maximum Gasteiger partial charge on any atom is 0.306 e. The molecule has 1 rings (SSSR count). The van der Waals surface area contributed by atoms with Gasteiger partial charge in [-0.3, -0.25) is 9.59 Å². The van der Waals surface area contributed by atoms with Gasteiger partial charge in [-0.2, -0.15) is 0 Å². The molecule has 0 aliphatic carbocycles. The lowest BCUT2D eigenvalue weighted by atomic mass is 9.99. The number of carbonyl (C=O) groups excluding carboxylic acids is 2. The first-order valence-corrected chi connectivity index (χ1v) is 34.1. The van der Waals surface area contributed by atoms with Gasteiger partial charge in [-0.25, -0.2) is 0 Å². The van der Waals surface area contributed by atoms with Gasteiger partial charge in [0.05, 0.1) is 25.4 Å². The summed E-state index contributed by atoms with van der Waals surface area (Å²) >= 11 is 0. The summed E-state index contributed by atoms with van der Waals surface area (Å²) in [6.45, 7) is 5.81. The largest absolute Gasteiger partial charge is 0.454 e. The van der Waals surface area contributed by atoms with Crippen LogP contribution in [-0.2, 0) is 23.8 Å². The second-order valence-corrected chi connectivity index (χ2v) is 23.9. The molecule has 1 aliphatic rings. The Morgan fingerprint density at radius 3 is 1.23 bits per heavy atom. The van der Waals surface area contributed by atoms with E-state index in [1.807, 2.05) is 6.08 Å². The summed E-state index contributed by atoms with van der Waals surface area (Å²) in [4.78, 5) is 26.5. The van der Waals surface area contributed by atoms with E-state index in [1.54, 1.807) is 6.08 Å². The lowest BCUT2D eigenvalue weighted by Gasteiger charge is -2.41. The molecule has 0 aromatic carbocycles. The van der Waals surface area contributed by atoms with Crippen molar-refractivity contribution in [2.75, 3.05) is 13.2 Å². The van der Waals surface area contributed by atoms with E-state index in [0.717, 1.165) is 57.8 Å². The molecule has 6 N–H and O–H groups in total. The van der Waals surface area contributed by atoms with Gasteiger partial charge in [0.2, 0.25) is 5.91 Å². The van der Waals surface area contributed by atoms with Gasteiger partial charge in [0, 0.05) is 6.42 Å². The minimum Gasteiger partial charge on any atom is -0.454 e. The van der Waals surface area contributed by atoms with Crippen molar-refractivity contribution in [1.82, 2.24) is 5.32 Å². The number of rotatable bonds is 59. The number of esters is 1. The number of hydrogen-bond donors (Lipinski definition) is 6. The van der Waals surface area contributed by atoms with Crippen molar-refractivity contribution in [2.24, 2.45) is 0 Å². The highest BCUT2D eigenvalue weighted by Gasteiger charge is 2.47. The molecule has 0 saturated carbocycles. The number of carbonyl (C=O) groups is 2. The van der Waals surface area contributed by atoms with Crippen molar-refractivity contribution in [3.05, 3.63) is 24.3 Å². The highest BCUT2D eigenvalue weighted by Crippen LogP contribution is 2.26. The summed E-state index contributed by atoms with van der Waals surface area (Å²) in [7, 11) is 0. The molecule has 1 heterocycles. The Bertz CT molecular complexity index is 1380.